The minimum atomic E-state index is -3.60. The number of carboxylic acids is 1. The maximum Gasteiger partial charge on any atom is 0.305 e. The number of nitrogens with zero attached hydrogens (tertiary/aromatic N) is 1. The van der Waals surface area contributed by atoms with E-state index in [-0.39, 0.29) is 29.8 Å². The fraction of sp³-hybridized carbons (Fsp3) is 0.467. The predicted molar refractivity (Wildman–Crippen MR) is 85.7 cm³/mol. The van der Waals surface area contributed by atoms with Crippen molar-refractivity contribution >= 4 is 21.9 Å². The third-order valence-electron chi connectivity index (χ3n) is 3.07. The second kappa shape index (κ2) is 8.07. The van der Waals surface area contributed by atoms with Crippen LogP contribution in [0.1, 0.15) is 37.6 Å². The van der Waals surface area contributed by atoms with Gasteiger partial charge in [0.05, 0.1) is 11.3 Å². The quantitative estimate of drug-likeness (QED) is 0.741. The molecule has 23 heavy (non-hydrogen) atoms. The summed E-state index contributed by atoms with van der Waals surface area (Å²) >= 11 is 0. The molecule has 0 radical (unpaired) electrons. The van der Waals surface area contributed by atoms with Crippen molar-refractivity contribution in [3.05, 3.63) is 29.8 Å². The van der Waals surface area contributed by atoms with E-state index in [0.717, 1.165) is 0 Å². The van der Waals surface area contributed by atoms with Crippen LogP contribution in [0.25, 0.3) is 0 Å². The average molecular weight is 342 g/mol. The molecule has 0 aromatic heterocycles. The van der Waals surface area contributed by atoms with E-state index in [2.05, 4.69) is 4.72 Å². The smallest absolute Gasteiger partial charge is 0.305 e. The molecule has 0 fully saturated rings. The number of nitrogens with one attached hydrogen (secondary N) is 1. The Morgan fingerprint density at radius 1 is 1.22 bits per heavy atom. The molecule has 1 aromatic rings. The number of amides is 1. The summed E-state index contributed by atoms with van der Waals surface area (Å²) in [5.41, 5.74) is 0.320. The van der Waals surface area contributed by atoms with E-state index in [0.29, 0.717) is 12.1 Å². The van der Waals surface area contributed by atoms with Gasteiger partial charge in [-0.25, -0.2) is 13.1 Å². The number of carboxylic acid groups (broad SMARTS) is 1. The Morgan fingerprint density at radius 3 is 2.22 bits per heavy atom. The molecule has 0 saturated carbocycles. The SMILES string of the molecule is CCN(CCC(=O)O)C(=O)c1ccc(S(=O)(=O)NC(C)C)cc1. The lowest BCUT2D eigenvalue weighted by Crippen LogP contribution is -2.33. The number of aliphatic carboxylic acids is 1. The van der Waals surface area contributed by atoms with Crippen LogP contribution >= 0.6 is 0 Å². The van der Waals surface area contributed by atoms with Crippen LogP contribution < -0.4 is 4.72 Å². The number of hydrogen-bond acceptors (Lipinski definition) is 4. The molecule has 0 unspecified atom stereocenters. The van der Waals surface area contributed by atoms with Crippen LogP contribution in [-0.2, 0) is 14.8 Å². The van der Waals surface area contributed by atoms with E-state index in [9.17, 15) is 18.0 Å². The molecule has 0 heterocycles. The van der Waals surface area contributed by atoms with Gasteiger partial charge in [-0.05, 0) is 45.0 Å². The molecule has 0 spiro atoms. The lowest BCUT2D eigenvalue weighted by Gasteiger charge is -2.20. The zero-order chi connectivity index (χ0) is 17.6. The minimum absolute atomic E-state index is 0.0799. The summed E-state index contributed by atoms with van der Waals surface area (Å²) in [5.74, 6) is -1.30. The fourth-order valence-electron chi connectivity index (χ4n) is 1.97. The normalized spacial score (nSPS) is 11.5. The van der Waals surface area contributed by atoms with E-state index < -0.39 is 16.0 Å². The Balaban J connectivity index is 2.90. The van der Waals surface area contributed by atoms with Crippen LogP contribution in [0.4, 0.5) is 0 Å². The summed E-state index contributed by atoms with van der Waals surface area (Å²) in [4.78, 5) is 24.4. The first-order chi connectivity index (χ1) is 10.7. The maximum absolute atomic E-state index is 12.3. The highest BCUT2D eigenvalue weighted by atomic mass is 32.2. The summed E-state index contributed by atoms with van der Waals surface area (Å²) in [6.45, 7) is 5.68. The van der Waals surface area contributed by atoms with Gasteiger partial charge in [0.2, 0.25) is 10.0 Å². The van der Waals surface area contributed by atoms with E-state index in [4.69, 9.17) is 5.11 Å². The van der Waals surface area contributed by atoms with Gasteiger partial charge in [0, 0.05) is 24.7 Å². The van der Waals surface area contributed by atoms with Crippen LogP contribution in [0, 0.1) is 0 Å². The van der Waals surface area contributed by atoms with Crippen molar-refractivity contribution in [2.75, 3.05) is 13.1 Å². The van der Waals surface area contributed by atoms with Gasteiger partial charge in [0.15, 0.2) is 0 Å². The van der Waals surface area contributed by atoms with E-state index >= 15 is 0 Å². The highest BCUT2D eigenvalue weighted by Gasteiger charge is 2.18. The summed E-state index contributed by atoms with van der Waals surface area (Å²) < 4.78 is 26.5. The third-order valence-corrected chi connectivity index (χ3v) is 4.74. The van der Waals surface area contributed by atoms with Crippen LogP contribution in [0.2, 0.25) is 0 Å². The van der Waals surface area contributed by atoms with Gasteiger partial charge < -0.3 is 10.0 Å². The van der Waals surface area contributed by atoms with Gasteiger partial charge in [0.1, 0.15) is 0 Å². The van der Waals surface area contributed by atoms with E-state index in [1.807, 2.05) is 0 Å². The van der Waals surface area contributed by atoms with Crippen molar-refractivity contribution in [3.63, 3.8) is 0 Å². The molecule has 0 aliphatic heterocycles. The Bertz CT molecular complexity index is 653. The molecule has 128 valence electrons. The van der Waals surface area contributed by atoms with Crippen LogP contribution in [-0.4, -0.2) is 49.4 Å². The van der Waals surface area contributed by atoms with Crippen LogP contribution in [0.15, 0.2) is 29.2 Å². The molecule has 0 atom stereocenters. The van der Waals surface area contributed by atoms with E-state index in [1.165, 1.54) is 29.2 Å². The number of sulfonamides is 1. The monoisotopic (exact) mass is 342 g/mol. The van der Waals surface area contributed by atoms with Crippen LogP contribution in [0.5, 0.6) is 0 Å². The van der Waals surface area contributed by atoms with Crippen molar-refractivity contribution in [1.29, 1.82) is 0 Å². The second-order valence-corrected chi connectivity index (χ2v) is 7.04. The zero-order valence-electron chi connectivity index (χ0n) is 13.4. The van der Waals surface area contributed by atoms with Crippen LogP contribution in [0.3, 0.4) is 0 Å². The highest BCUT2D eigenvalue weighted by Crippen LogP contribution is 2.13. The Hall–Kier alpha value is -1.93. The number of hydrogen-bond donors (Lipinski definition) is 2. The maximum atomic E-state index is 12.3. The first-order valence-electron chi connectivity index (χ1n) is 7.30. The molecule has 1 aromatic carbocycles. The molecule has 0 aliphatic rings. The van der Waals surface area contributed by atoms with Gasteiger partial charge in [-0.3, -0.25) is 9.59 Å². The zero-order valence-corrected chi connectivity index (χ0v) is 14.3. The van der Waals surface area contributed by atoms with Crippen molar-refractivity contribution < 1.29 is 23.1 Å². The van der Waals surface area contributed by atoms with Crippen molar-refractivity contribution in [1.82, 2.24) is 9.62 Å². The Kier molecular flexibility index (Phi) is 6.71. The average Bonchev–Trinajstić information content (AvgIpc) is 2.46. The summed E-state index contributed by atoms with van der Waals surface area (Å²) in [7, 11) is -3.60. The van der Waals surface area contributed by atoms with Crippen molar-refractivity contribution in [2.45, 2.75) is 38.1 Å². The largest absolute Gasteiger partial charge is 0.481 e. The van der Waals surface area contributed by atoms with Crippen molar-refractivity contribution in [2.24, 2.45) is 0 Å². The molecular weight excluding hydrogens is 320 g/mol. The number of carbonyl (C=O) groups is 2. The first-order valence-corrected chi connectivity index (χ1v) is 8.79. The molecular formula is C15H22N2O5S. The molecule has 0 bridgehead atoms. The van der Waals surface area contributed by atoms with Gasteiger partial charge in [0.25, 0.3) is 5.91 Å². The molecule has 1 amide bonds. The topological polar surface area (TPSA) is 104 Å². The number of rotatable bonds is 8. The molecule has 0 saturated heterocycles. The standard InChI is InChI=1S/C15H22N2O5S/c1-4-17(10-9-14(18)19)15(20)12-5-7-13(8-6-12)23(21,22)16-11(2)3/h5-8,11,16H,4,9-10H2,1-3H3,(H,18,19). The van der Waals surface area contributed by atoms with E-state index in [1.54, 1.807) is 20.8 Å². The summed E-state index contributed by atoms with van der Waals surface area (Å²) in [6.07, 6.45) is -0.135. The summed E-state index contributed by atoms with van der Waals surface area (Å²) in [6, 6.07) is 5.36. The van der Waals surface area contributed by atoms with Gasteiger partial charge in [-0.2, -0.15) is 0 Å². The second-order valence-electron chi connectivity index (χ2n) is 5.33. The molecule has 7 nitrogen and oxygen atoms in total. The lowest BCUT2D eigenvalue weighted by molar-refractivity contribution is -0.137. The highest BCUT2D eigenvalue weighted by molar-refractivity contribution is 7.89. The van der Waals surface area contributed by atoms with Gasteiger partial charge in [-0.15, -0.1) is 0 Å². The third kappa shape index (κ3) is 5.65. The number of benzene rings is 1. The molecule has 2 N–H and O–H groups in total. The molecule has 8 heteroatoms. The van der Waals surface area contributed by atoms with Crippen molar-refractivity contribution in [3.8, 4) is 0 Å². The molecule has 1 rings (SSSR count). The minimum Gasteiger partial charge on any atom is -0.481 e. The Labute approximate surface area is 136 Å². The first kappa shape index (κ1) is 19.1. The summed E-state index contributed by atoms with van der Waals surface area (Å²) in [5, 5.41) is 8.70. The Morgan fingerprint density at radius 2 is 1.78 bits per heavy atom. The van der Waals surface area contributed by atoms with Gasteiger partial charge >= 0.3 is 5.97 Å². The fourth-order valence-corrected chi connectivity index (χ4v) is 3.22. The number of carbonyl (C=O) groups excluding carboxylic acids is 1. The van der Waals surface area contributed by atoms with Gasteiger partial charge in [-0.1, -0.05) is 0 Å². The predicted octanol–water partition coefficient (Wildman–Crippen LogP) is 1.31. The molecule has 0 aliphatic carbocycles. The lowest BCUT2D eigenvalue weighted by atomic mass is 10.2.